The zero-order valence-electron chi connectivity index (χ0n) is 10.4. The minimum absolute atomic E-state index is 0.321. The molecule has 2 fully saturated rings. The topological polar surface area (TPSA) is 23.5 Å². The Balaban J connectivity index is 1.93. The fraction of sp³-hybridized carbons (Fsp3) is 0.571. The molecule has 2 aliphatic rings. The van der Waals surface area contributed by atoms with Gasteiger partial charge in [-0.05, 0) is 44.4 Å². The maximum absolute atomic E-state index is 13.4. The van der Waals surface area contributed by atoms with Crippen molar-refractivity contribution in [3.05, 3.63) is 34.6 Å². The van der Waals surface area contributed by atoms with E-state index in [0.29, 0.717) is 35.6 Å². The van der Waals surface area contributed by atoms with Gasteiger partial charge in [0.25, 0.3) is 0 Å². The van der Waals surface area contributed by atoms with Gasteiger partial charge in [0.1, 0.15) is 11.4 Å². The van der Waals surface area contributed by atoms with Crippen LogP contribution in [0.5, 0.6) is 0 Å². The molecule has 1 aromatic rings. The van der Waals surface area contributed by atoms with Gasteiger partial charge in [-0.1, -0.05) is 11.6 Å². The van der Waals surface area contributed by atoms with Crippen LogP contribution in [0, 0.1) is 5.82 Å². The third-order valence-electron chi connectivity index (χ3n) is 4.09. The summed E-state index contributed by atoms with van der Waals surface area (Å²) in [5, 5.41) is 11.2. The summed E-state index contributed by atoms with van der Waals surface area (Å²) in [6.07, 6.45) is 3.03. The molecule has 98 valence electrons. The number of rotatable bonds is 2. The summed E-state index contributed by atoms with van der Waals surface area (Å²) >= 11 is 6.11. The summed E-state index contributed by atoms with van der Waals surface area (Å²) in [5.41, 5.74) is -0.486. The minimum Gasteiger partial charge on any atom is -0.384 e. The van der Waals surface area contributed by atoms with Crippen molar-refractivity contribution in [1.29, 1.82) is 0 Å². The van der Waals surface area contributed by atoms with Crippen molar-refractivity contribution in [3.8, 4) is 0 Å². The second-order valence-corrected chi connectivity index (χ2v) is 6.02. The second-order valence-electron chi connectivity index (χ2n) is 5.61. The number of nitrogens with zero attached hydrogens (tertiary/aromatic N) is 1. The van der Waals surface area contributed by atoms with Gasteiger partial charge in [0.15, 0.2) is 0 Å². The number of hydrogen-bond acceptors (Lipinski definition) is 2. The molecule has 2 unspecified atom stereocenters. The molecule has 0 amide bonds. The summed E-state index contributed by atoms with van der Waals surface area (Å²) in [4.78, 5) is 2.32. The zero-order chi connectivity index (χ0) is 12.9. The molecule has 2 nitrogen and oxygen atoms in total. The number of aliphatic hydroxyl groups is 1. The van der Waals surface area contributed by atoms with Gasteiger partial charge < -0.3 is 5.11 Å². The van der Waals surface area contributed by atoms with Crippen molar-refractivity contribution in [2.45, 2.75) is 43.9 Å². The van der Waals surface area contributed by atoms with E-state index >= 15 is 0 Å². The first-order valence-corrected chi connectivity index (χ1v) is 6.81. The Hall–Kier alpha value is -0.640. The average Bonchev–Trinajstić information content (AvgIpc) is 3.09. The Morgan fingerprint density at radius 3 is 2.83 bits per heavy atom. The SMILES string of the molecule is CC1CC(O)(c2cc(F)ccc2Cl)CN1C1CC1. The summed E-state index contributed by atoms with van der Waals surface area (Å²) in [7, 11) is 0. The first-order valence-electron chi connectivity index (χ1n) is 6.43. The van der Waals surface area contributed by atoms with Crippen LogP contribution < -0.4 is 0 Å². The highest BCUT2D eigenvalue weighted by molar-refractivity contribution is 6.31. The van der Waals surface area contributed by atoms with E-state index in [1.165, 1.54) is 31.0 Å². The van der Waals surface area contributed by atoms with E-state index in [0.717, 1.165) is 0 Å². The van der Waals surface area contributed by atoms with Gasteiger partial charge in [-0.2, -0.15) is 0 Å². The van der Waals surface area contributed by atoms with Gasteiger partial charge in [-0.3, -0.25) is 4.90 Å². The van der Waals surface area contributed by atoms with Crippen molar-refractivity contribution in [2.75, 3.05) is 6.54 Å². The van der Waals surface area contributed by atoms with Crippen LogP contribution in [-0.2, 0) is 5.60 Å². The van der Waals surface area contributed by atoms with Crippen LogP contribution in [0.2, 0.25) is 5.02 Å². The van der Waals surface area contributed by atoms with Gasteiger partial charge in [0.2, 0.25) is 0 Å². The number of β-amino-alcohol motifs (C(OH)–C–C–N with tert-alkyl or cyclic N) is 1. The Bertz CT molecular complexity index is 477. The Kier molecular flexibility index (Phi) is 2.88. The molecule has 1 N–H and O–H groups in total. The monoisotopic (exact) mass is 269 g/mol. The molecule has 1 aliphatic heterocycles. The first kappa shape index (κ1) is 12.4. The molecule has 2 atom stereocenters. The summed E-state index contributed by atoms with van der Waals surface area (Å²) in [5.74, 6) is -0.347. The van der Waals surface area contributed by atoms with Crippen molar-refractivity contribution in [2.24, 2.45) is 0 Å². The van der Waals surface area contributed by atoms with Crippen molar-refractivity contribution >= 4 is 11.6 Å². The molecule has 1 heterocycles. The lowest BCUT2D eigenvalue weighted by atomic mass is 9.91. The van der Waals surface area contributed by atoms with E-state index in [9.17, 15) is 9.50 Å². The lowest BCUT2D eigenvalue weighted by molar-refractivity contribution is 0.0449. The van der Waals surface area contributed by atoms with E-state index in [1.54, 1.807) is 0 Å². The summed E-state index contributed by atoms with van der Waals surface area (Å²) in [6, 6.07) is 5.13. The Morgan fingerprint density at radius 2 is 2.17 bits per heavy atom. The number of hydrogen-bond donors (Lipinski definition) is 1. The molecule has 3 rings (SSSR count). The molecule has 0 bridgehead atoms. The molecule has 0 spiro atoms. The van der Waals surface area contributed by atoms with Crippen LogP contribution in [0.1, 0.15) is 31.7 Å². The lowest BCUT2D eigenvalue weighted by Crippen LogP contribution is -2.33. The van der Waals surface area contributed by atoms with E-state index in [4.69, 9.17) is 11.6 Å². The maximum atomic E-state index is 13.4. The normalized spacial score (nSPS) is 33.0. The van der Waals surface area contributed by atoms with Gasteiger partial charge in [0.05, 0.1) is 0 Å². The summed E-state index contributed by atoms with van der Waals surface area (Å²) in [6.45, 7) is 2.67. The van der Waals surface area contributed by atoms with Crippen molar-refractivity contribution < 1.29 is 9.50 Å². The van der Waals surface area contributed by atoms with Crippen LogP contribution in [0.25, 0.3) is 0 Å². The molecule has 1 saturated heterocycles. The molecule has 0 aromatic heterocycles. The number of likely N-dealkylation sites (tertiary alicyclic amines) is 1. The standard InChI is InChI=1S/C14H17ClFNO/c1-9-7-14(18,8-17(9)11-3-4-11)12-6-10(16)2-5-13(12)15/h2,5-6,9,11,18H,3-4,7-8H2,1H3. The van der Waals surface area contributed by atoms with E-state index in [1.807, 2.05) is 0 Å². The first-order chi connectivity index (χ1) is 8.49. The number of benzene rings is 1. The third kappa shape index (κ3) is 2.04. The Labute approximate surface area is 111 Å². The van der Waals surface area contributed by atoms with Crippen molar-refractivity contribution in [1.82, 2.24) is 4.90 Å². The third-order valence-corrected chi connectivity index (χ3v) is 4.42. The second kappa shape index (κ2) is 4.19. The van der Waals surface area contributed by atoms with Gasteiger partial charge >= 0.3 is 0 Å². The van der Waals surface area contributed by atoms with E-state index < -0.39 is 5.60 Å². The highest BCUT2D eigenvalue weighted by atomic mass is 35.5. The molecule has 4 heteroatoms. The van der Waals surface area contributed by atoms with Gasteiger partial charge in [0, 0.05) is 29.2 Å². The van der Waals surface area contributed by atoms with E-state index in [2.05, 4.69) is 11.8 Å². The van der Waals surface area contributed by atoms with E-state index in [-0.39, 0.29) is 5.82 Å². The zero-order valence-corrected chi connectivity index (χ0v) is 11.1. The lowest BCUT2D eigenvalue weighted by Gasteiger charge is -2.25. The highest BCUT2D eigenvalue weighted by Crippen LogP contribution is 2.43. The van der Waals surface area contributed by atoms with Crippen LogP contribution >= 0.6 is 11.6 Å². The molecule has 1 aromatic carbocycles. The number of halogens is 2. The average molecular weight is 270 g/mol. The predicted molar refractivity (Wildman–Crippen MR) is 69.1 cm³/mol. The fourth-order valence-corrected chi connectivity index (χ4v) is 3.37. The summed E-state index contributed by atoms with van der Waals surface area (Å²) < 4.78 is 13.4. The smallest absolute Gasteiger partial charge is 0.123 e. The van der Waals surface area contributed by atoms with Gasteiger partial charge in [-0.25, -0.2) is 4.39 Å². The molecule has 1 saturated carbocycles. The van der Waals surface area contributed by atoms with Crippen LogP contribution in [0.3, 0.4) is 0 Å². The maximum Gasteiger partial charge on any atom is 0.123 e. The predicted octanol–water partition coefficient (Wildman–Crippen LogP) is 2.92. The van der Waals surface area contributed by atoms with Gasteiger partial charge in [-0.15, -0.1) is 0 Å². The minimum atomic E-state index is -1.01. The quantitative estimate of drug-likeness (QED) is 0.892. The largest absolute Gasteiger partial charge is 0.384 e. The molecule has 1 aliphatic carbocycles. The molecular weight excluding hydrogens is 253 g/mol. The Morgan fingerprint density at radius 1 is 1.44 bits per heavy atom. The fourth-order valence-electron chi connectivity index (χ4n) is 3.07. The molecule has 18 heavy (non-hydrogen) atoms. The molecule has 0 radical (unpaired) electrons. The van der Waals surface area contributed by atoms with Crippen LogP contribution in [-0.4, -0.2) is 28.6 Å². The van der Waals surface area contributed by atoms with Crippen molar-refractivity contribution in [3.63, 3.8) is 0 Å². The molecular formula is C14H17ClFNO. The van der Waals surface area contributed by atoms with Crippen LogP contribution in [0.4, 0.5) is 4.39 Å². The highest BCUT2D eigenvalue weighted by Gasteiger charge is 2.47. The van der Waals surface area contributed by atoms with Crippen LogP contribution in [0.15, 0.2) is 18.2 Å².